The average Bonchev–Trinajstić information content (AvgIpc) is 3.04. The van der Waals surface area contributed by atoms with Gasteiger partial charge in [0.05, 0.1) is 24.4 Å². The van der Waals surface area contributed by atoms with Crippen LogP contribution in [0.5, 0.6) is 0 Å². The minimum Gasteiger partial charge on any atom is -0.443 e. The Balaban J connectivity index is 1.63. The molecule has 0 amide bonds. The predicted octanol–water partition coefficient (Wildman–Crippen LogP) is 3.29. The number of oxazole rings is 1. The molecule has 1 aliphatic heterocycles. The number of aromatic nitrogens is 1. The zero-order valence-electron chi connectivity index (χ0n) is 15.7. The lowest BCUT2D eigenvalue weighted by Crippen LogP contribution is -2.62. The van der Waals surface area contributed by atoms with Crippen LogP contribution in [0.15, 0.2) is 10.6 Å². The van der Waals surface area contributed by atoms with Gasteiger partial charge in [-0.1, -0.05) is 20.8 Å². The third-order valence-corrected chi connectivity index (χ3v) is 6.01. The molecule has 136 valence electrons. The molecule has 5 heteroatoms. The van der Waals surface area contributed by atoms with E-state index in [1.807, 2.05) is 13.1 Å². The molecule has 24 heavy (non-hydrogen) atoms. The standard InChI is InChI=1S/C19H32N2O3/c1-6-23-15-11-14(22)19(15)7-9-21(10-8-19)13(2)17-20-12-16(24-17)18(3,4)5/h12-15,22H,6-11H2,1-5H3/t13-,14-,15-/m1/s1. The lowest BCUT2D eigenvalue weighted by molar-refractivity contribution is -0.211. The summed E-state index contributed by atoms with van der Waals surface area (Å²) in [5.41, 5.74) is -0.0446. The molecule has 1 saturated carbocycles. The van der Waals surface area contributed by atoms with Gasteiger partial charge in [-0.3, -0.25) is 4.90 Å². The van der Waals surface area contributed by atoms with Crippen LogP contribution in [0.25, 0.3) is 0 Å². The van der Waals surface area contributed by atoms with Gasteiger partial charge in [-0.2, -0.15) is 0 Å². The Labute approximate surface area is 145 Å². The first kappa shape index (κ1) is 17.9. The van der Waals surface area contributed by atoms with Crippen LogP contribution in [-0.2, 0) is 10.2 Å². The Morgan fingerprint density at radius 2 is 2.08 bits per heavy atom. The van der Waals surface area contributed by atoms with Crippen molar-refractivity contribution in [2.24, 2.45) is 5.41 Å². The van der Waals surface area contributed by atoms with Crippen LogP contribution in [0.1, 0.15) is 71.6 Å². The molecule has 5 nitrogen and oxygen atoms in total. The molecular weight excluding hydrogens is 304 g/mol. The number of hydrogen-bond donors (Lipinski definition) is 1. The minimum atomic E-state index is -0.208. The van der Waals surface area contributed by atoms with Crippen LogP contribution in [0, 0.1) is 5.41 Å². The number of ether oxygens (including phenoxy) is 1. The maximum Gasteiger partial charge on any atom is 0.211 e. The van der Waals surface area contributed by atoms with Crippen LogP contribution in [0.3, 0.4) is 0 Å². The van der Waals surface area contributed by atoms with E-state index in [1.165, 1.54) is 0 Å². The molecule has 0 aromatic carbocycles. The molecule has 2 fully saturated rings. The highest BCUT2D eigenvalue weighted by Crippen LogP contribution is 2.51. The van der Waals surface area contributed by atoms with Gasteiger partial charge in [0.15, 0.2) is 0 Å². The fourth-order valence-corrected chi connectivity index (χ4v) is 4.13. The molecule has 2 aliphatic rings. The van der Waals surface area contributed by atoms with Crippen molar-refractivity contribution in [2.45, 2.75) is 77.5 Å². The fraction of sp³-hybridized carbons (Fsp3) is 0.842. The van der Waals surface area contributed by atoms with E-state index in [9.17, 15) is 5.11 Å². The topological polar surface area (TPSA) is 58.7 Å². The number of hydrogen-bond acceptors (Lipinski definition) is 5. The smallest absolute Gasteiger partial charge is 0.211 e. The molecule has 1 N–H and O–H groups in total. The molecule has 3 atom stereocenters. The van der Waals surface area contributed by atoms with E-state index in [2.05, 4.69) is 37.6 Å². The summed E-state index contributed by atoms with van der Waals surface area (Å²) in [4.78, 5) is 6.92. The highest BCUT2D eigenvalue weighted by molar-refractivity contribution is 5.09. The van der Waals surface area contributed by atoms with Crippen molar-refractivity contribution in [2.75, 3.05) is 19.7 Å². The summed E-state index contributed by atoms with van der Waals surface area (Å²) in [6, 6.07) is 0.168. The Hall–Kier alpha value is -0.910. The van der Waals surface area contributed by atoms with Gasteiger partial charge in [0.2, 0.25) is 5.89 Å². The van der Waals surface area contributed by atoms with E-state index in [4.69, 9.17) is 9.15 Å². The van der Waals surface area contributed by atoms with E-state index in [0.29, 0.717) is 0 Å². The summed E-state index contributed by atoms with van der Waals surface area (Å²) in [6.45, 7) is 13.2. The van der Waals surface area contributed by atoms with E-state index < -0.39 is 0 Å². The van der Waals surface area contributed by atoms with E-state index in [-0.39, 0.29) is 29.1 Å². The van der Waals surface area contributed by atoms with Gasteiger partial charge in [-0.05, 0) is 39.8 Å². The highest BCUT2D eigenvalue weighted by Gasteiger charge is 2.56. The van der Waals surface area contributed by atoms with Crippen molar-refractivity contribution >= 4 is 0 Å². The third-order valence-electron chi connectivity index (χ3n) is 6.01. The molecular formula is C19H32N2O3. The van der Waals surface area contributed by atoms with Crippen molar-refractivity contribution in [3.05, 3.63) is 17.8 Å². The Morgan fingerprint density at radius 1 is 1.42 bits per heavy atom. The molecule has 1 aromatic rings. The van der Waals surface area contributed by atoms with Gasteiger partial charge in [0.25, 0.3) is 0 Å². The molecule has 1 aromatic heterocycles. The summed E-state index contributed by atoms with van der Waals surface area (Å²) in [5.74, 6) is 1.73. The number of aliphatic hydroxyl groups excluding tert-OH is 1. The number of rotatable bonds is 4. The molecule has 1 aliphatic carbocycles. The lowest BCUT2D eigenvalue weighted by Gasteiger charge is -2.57. The SMILES string of the molecule is CCO[C@@H]1C[C@@H](O)C12CCN([C@H](C)c1ncc(C(C)(C)C)o1)CC2. The van der Waals surface area contributed by atoms with Gasteiger partial charge in [0.1, 0.15) is 5.76 Å². The van der Waals surface area contributed by atoms with Crippen molar-refractivity contribution in [1.29, 1.82) is 0 Å². The number of aliphatic hydroxyl groups is 1. The molecule has 1 saturated heterocycles. The summed E-state index contributed by atoms with van der Waals surface area (Å²) >= 11 is 0. The van der Waals surface area contributed by atoms with Crippen LogP contribution in [-0.4, -0.2) is 46.9 Å². The Morgan fingerprint density at radius 3 is 2.58 bits per heavy atom. The van der Waals surface area contributed by atoms with Crippen LogP contribution < -0.4 is 0 Å². The van der Waals surface area contributed by atoms with Gasteiger partial charge in [0, 0.05) is 23.9 Å². The Bertz CT molecular complexity index is 553. The molecule has 2 heterocycles. The molecule has 0 bridgehead atoms. The maximum atomic E-state index is 10.3. The first-order chi connectivity index (χ1) is 11.3. The van der Waals surface area contributed by atoms with E-state index >= 15 is 0 Å². The second-order valence-corrected chi connectivity index (χ2v) is 8.45. The monoisotopic (exact) mass is 336 g/mol. The van der Waals surface area contributed by atoms with Gasteiger partial charge in [-0.25, -0.2) is 4.98 Å². The fourth-order valence-electron chi connectivity index (χ4n) is 4.13. The Kier molecular flexibility index (Phi) is 4.80. The molecule has 3 rings (SSSR count). The van der Waals surface area contributed by atoms with Crippen molar-refractivity contribution < 1.29 is 14.3 Å². The maximum absolute atomic E-state index is 10.3. The summed E-state index contributed by atoms with van der Waals surface area (Å²) in [7, 11) is 0. The largest absolute Gasteiger partial charge is 0.443 e. The molecule has 0 unspecified atom stereocenters. The number of nitrogens with zero attached hydrogens (tertiary/aromatic N) is 2. The third kappa shape index (κ3) is 3.02. The van der Waals surface area contributed by atoms with E-state index in [0.717, 1.165) is 50.6 Å². The second kappa shape index (κ2) is 6.43. The highest BCUT2D eigenvalue weighted by atomic mass is 16.5. The molecule has 0 radical (unpaired) electrons. The van der Waals surface area contributed by atoms with Crippen LogP contribution in [0.2, 0.25) is 0 Å². The van der Waals surface area contributed by atoms with Crippen molar-refractivity contribution in [3.8, 4) is 0 Å². The average molecular weight is 336 g/mol. The minimum absolute atomic E-state index is 0.0162. The summed E-state index contributed by atoms with van der Waals surface area (Å²) < 4.78 is 11.9. The predicted molar refractivity (Wildman–Crippen MR) is 92.9 cm³/mol. The number of piperidine rings is 1. The normalized spacial score (nSPS) is 28.8. The van der Waals surface area contributed by atoms with Crippen LogP contribution >= 0.6 is 0 Å². The van der Waals surface area contributed by atoms with Crippen LogP contribution in [0.4, 0.5) is 0 Å². The van der Waals surface area contributed by atoms with Gasteiger partial charge < -0.3 is 14.3 Å². The number of likely N-dealkylation sites (tertiary alicyclic amines) is 1. The zero-order valence-corrected chi connectivity index (χ0v) is 15.7. The first-order valence-corrected chi connectivity index (χ1v) is 9.28. The zero-order chi connectivity index (χ0) is 17.5. The summed E-state index contributed by atoms with van der Waals surface area (Å²) in [6.07, 6.45) is 4.63. The quantitative estimate of drug-likeness (QED) is 0.914. The van der Waals surface area contributed by atoms with Gasteiger partial charge in [-0.15, -0.1) is 0 Å². The van der Waals surface area contributed by atoms with Crippen molar-refractivity contribution in [1.82, 2.24) is 9.88 Å². The summed E-state index contributed by atoms with van der Waals surface area (Å²) in [5, 5.41) is 10.3. The van der Waals surface area contributed by atoms with E-state index in [1.54, 1.807) is 0 Å². The van der Waals surface area contributed by atoms with Crippen molar-refractivity contribution in [3.63, 3.8) is 0 Å². The molecule has 1 spiro atoms. The first-order valence-electron chi connectivity index (χ1n) is 9.28. The lowest BCUT2D eigenvalue weighted by atomic mass is 9.58. The second-order valence-electron chi connectivity index (χ2n) is 8.45. The van der Waals surface area contributed by atoms with Gasteiger partial charge >= 0.3 is 0 Å².